The van der Waals surface area contributed by atoms with Gasteiger partial charge in [0.2, 0.25) is 5.79 Å². The molecule has 1 aromatic carbocycles. The molecule has 0 radical (unpaired) electrons. The Morgan fingerprint density at radius 3 is 2.55 bits per heavy atom. The van der Waals surface area contributed by atoms with Crippen molar-refractivity contribution >= 4 is 5.97 Å². The quantitative estimate of drug-likeness (QED) is 0.780. The molecular formula is C16H22O4. The summed E-state index contributed by atoms with van der Waals surface area (Å²) < 4.78 is 17.0. The van der Waals surface area contributed by atoms with Gasteiger partial charge in [0.1, 0.15) is 5.75 Å². The Kier molecular flexibility index (Phi) is 3.78. The lowest BCUT2D eigenvalue weighted by Gasteiger charge is -2.41. The predicted octanol–water partition coefficient (Wildman–Crippen LogP) is 2.84. The maximum absolute atomic E-state index is 11.3. The van der Waals surface area contributed by atoms with Gasteiger partial charge in [-0.3, -0.25) is 4.79 Å². The summed E-state index contributed by atoms with van der Waals surface area (Å²) in [6.45, 7) is 9.36. The first-order valence-corrected chi connectivity index (χ1v) is 6.79. The number of hydrogen-bond acceptors (Lipinski definition) is 4. The van der Waals surface area contributed by atoms with Gasteiger partial charge in [0.15, 0.2) is 6.10 Å². The van der Waals surface area contributed by atoms with E-state index in [1.165, 1.54) is 12.5 Å². The van der Waals surface area contributed by atoms with Crippen LogP contribution in [0.2, 0.25) is 0 Å². The number of fused-ring (bicyclic) bond motifs is 1. The first-order valence-electron chi connectivity index (χ1n) is 6.79. The van der Waals surface area contributed by atoms with Crippen molar-refractivity contribution in [3.05, 3.63) is 28.3 Å². The van der Waals surface area contributed by atoms with E-state index >= 15 is 0 Å². The standard InChI is InChI=1S/C16H22O4/c1-9-7-10(2)13-8-14(19-12(4)17)16(5,18-6)20-15(13)11(9)3/h7,14H,8H2,1-6H3. The van der Waals surface area contributed by atoms with Crippen LogP contribution < -0.4 is 4.74 Å². The minimum atomic E-state index is -0.955. The van der Waals surface area contributed by atoms with Crippen molar-refractivity contribution < 1.29 is 19.0 Å². The van der Waals surface area contributed by atoms with Gasteiger partial charge in [-0.2, -0.15) is 0 Å². The molecule has 4 heteroatoms. The molecule has 0 spiro atoms. The van der Waals surface area contributed by atoms with Gasteiger partial charge in [-0.05, 0) is 37.5 Å². The molecule has 1 aliphatic rings. The summed E-state index contributed by atoms with van der Waals surface area (Å²) in [6, 6.07) is 2.14. The van der Waals surface area contributed by atoms with Crippen LogP contribution in [0.5, 0.6) is 5.75 Å². The Hall–Kier alpha value is -1.55. The van der Waals surface area contributed by atoms with Crippen molar-refractivity contribution in [3.8, 4) is 5.75 Å². The molecule has 0 aromatic heterocycles. The largest absolute Gasteiger partial charge is 0.458 e. The number of esters is 1. The maximum Gasteiger partial charge on any atom is 0.303 e. The van der Waals surface area contributed by atoms with Gasteiger partial charge in [0, 0.05) is 32.9 Å². The zero-order chi connectivity index (χ0) is 15.1. The minimum Gasteiger partial charge on any atom is -0.458 e. The van der Waals surface area contributed by atoms with E-state index in [2.05, 4.69) is 19.9 Å². The van der Waals surface area contributed by atoms with E-state index in [1.54, 1.807) is 14.0 Å². The topological polar surface area (TPSA) is 44.8 Å². The van der Waals surface area contributed by atoms with Crippen molar-refractivity contribution in [2.75, 3.05) is 7.11 Å². The number of methoxy groups -OCH3 is 1. The average Bonchev–Trinajstić information content (AvgIpc) is 2.37. The first kappa shape index (κ1) is 14.9. The van der Waals surface area contributed by atoms with Gasteiger partial charge < -0.3 is 14.2 Å². The molecule has 0 saturated carbocycles. The number of aryl methyl sites for hydroxylation is 2. The van der Waals surface area contributed by atoms with Crippen LogP contribution in [0.4, 0.5) is 0 Å². The number of carbonyl (C=O) groups is 1. The number of hydrogen-bond donors (Lipinski definition) is 0. The Morgan fingerprint density at radius 2 is 2.00 bits per heavy atom. The first-order chi connectivity index (χ1) is 9.28. The highest BCUT2D eigenvalue weighted by Crippen LogP contribution is 2.40. The Morgan fingerprint density at radius 1 is 1.35 bits per heavy atom. The van der Waals surface area contributed by atoms with E-state index in [9.17, 15) is 4.79 Å². The van der Waals surface area contributed by atoms with Gasteiger partial charge in [-0.1, -0.05) is 6.07 Å². The van der Waals surface area contributed by atoms with E-state index in [0.29, 0.717) is 6.42 Å². The highest BCUT2D eigenvalue weighted by atomic mass is 16.7. The minimum absolute atomic E-state index is 0.327. The van der Waals surface area contributed by atoms with Crippen molar-refractivity contribution in [1.29, 1.82) is 0 Å². The van der Waals surface area contributed by atoms with Crippen molar-refractivity contribution in [2.24, 2.45) is 0 Å². The molecule has 0 saturated heterocycles. The lowest BCUT2D eigenvalue weighted by Crippen LogP contribution is -2.52. The molecule has 0 bridgehead atoms. The Bertz CT molecular complexity index is 550. The fourth-order valence-corrected chi connectivity index (χ4v) is 2.66. The average molecular weight is 278 g/mol. The molecule has 1 aliphatic heterocycles. The third-order valence-electron chi connectivity index (χ3n) is 4.11. The third kappa shape index (κ3) is 2.40. The van der Waals surface area contributed by atoms with Gasteiger partial charge in [-0.25, -0.2) is 0 Å². The fourth-order valence-electron chi connectivity index (χ4n) is 2.66. The van der Waals surface area contributed by atoms with Crippen LogP contribution in [0, 0.1) is 20.8 Å². The van der Waals surface area contributed by atoms with Gasteiger partial charge in [0.05, 0.1) is 0 Å². The Balaban J connectivity index is 2.51. The number of rotatable bonds is 2. The molecule has 2 unspecified atom stereocenters. The van der Waals surface area contributed by atoms with Crippen LogP contribution in [0.15, 0.2) is 6.07 Å². The molecule has 0 aliphatic carbocycles. The molecule has 2 rings (SSSR count). The van der Waals surface area contributed by atoms with Crippen LogP contribution in [0.1, 0.15) is 36.1 Å². The van der Waals surface area contributed by atoms with Crippen molar-refractivity contribution in [3.63, 3.8) is 0 Å². The molecular weight excluding hydrogens is 256 g/mol. The van der Waals surface area contributed by atoms with E-state index < -0.39 is 11.9 Å². The summed E-state index contributed by atoms with van der Waals surface area (Å²) >= 11 is 0. The predicted molar refractivity (Wildman–Crippen MR) is 76.0 cm³/mol. The third-order valence-corrected chi connectivity index (χ3v) is 4.11. The van der Waals surface area contributed by atoms with E-state index in [4.69, 9.17) is 14.2 Å². The van der Waals surface area contributed by atoms with E-state index in [-0.39, 0.29) is 5.97 Å². The second-order valence-electron chi connectivity index (χ2n) is 5.57. The highest BCUT2D eigenvalue weighted by Gasteiger charge is 2.44. The van der Waals surface area contributed by atoms with Crippen LogP contribution in [-0.2, 0) is 20.7 Å². The lowest BCUT2D eigenvalue weighted by molar-refractivity contribution is -0.230. The lowest BCUT2D eigenvalue weighted by atomic mass is 9.90. The molecule has 110 valence electrons. The number of benzene rings is 1. The smallest absolute Gasteiger partial charge is 0.303 e. The summed E-state index contributed by atoms with van der Waals surface area (Å²) in [7, 11) is 1.57. The van der Waals surface area contributed by atoms with Crippen molar-refractivity contribution in [1.82, 2.24) is 0 Å². The molecule has 0 fully saturated rings. The van der Waals surface area contributed by atoms with Crippen LogP contribution in [-0.4, -0.2) is 25.0 Å². The monoisotopic (exact) mass is 278 g/mol. The summed E-state index contributed by atoms with van der Waals surface area (Å²) in [5.74, 6) is -0.425. The molecule has 2 atom stereocenters. The van der Waals surface area contributed by atoms with Crippen LogP contribution in [0.25, 0.3) is 0 Å². The highest BCUT2D eigenvalue weighted by molar-refractivity contribution is 5.66. The zero-order valence-corrected chi connectivity index (χ0v) is 13.0. The molecule has 1 aromatic rings. The molecule has 4 nitrogen and oxygen atoms in total. The second-order valence-corrected chi connectivity index (χ2v) is 5.57. The van der Waals surface area contributed by atoms with Gasteiger partial charge >= 0.3 is 5.97 Å². The Labute approximate surface area is 120 Å². The molecule has 0 N–H and O–H groups in total. The molecule has 1 heterocycles. The summed E-state index contributed by atoms with van der Waals surface area (Å²) in [5, 5.41) is 0. The summed E-state index contributed by atoms with van der Waals surface area (Å²) in [5.41, 5.74) is 4.54. The molecule has 0 amide bonds. The molecule has 20 heavy (non-hydrogen) atoms. The maximum atomic E-state index is 11.3. The fraction of sp³-hybridized carbons (Fsp3) is 0.562. The van der Waals surface area contributed by atoms with E-state index in [1.807, 2.05) is 6.92 Å². The van der Waals surface area contributed by atoms with Crippen LogP contribution >= 0.6 is 0 Å². The summed E-state index contributed by atoms with van der Waals surface area (Å²) in [6.07, 6.45) is 0.157. The normalized spacial score (nSPS) is 24.8. The van der Waals surface area contributed by atoms with Gasteiger partial charge in [-0.15, -0.1) is 0 Å². The zero-order valence-electron chi connectivity index (χ0n) is 13.0. The van der Waals surface area contributed by atoms with Gasteiger partial charge in [0.25, 0.3) is 0 Å². The van der Waals surface area contributed by atoms with Crippen molar-refractivity contribution in [2.45, 2.75) is 52.9 Å². The number of carbonyl (C=O) groups excluding carboxylic acids is 1. The van der Waals surface area contributed by atoms with Crippen LogP contribution in [0.3, 0.4) is 0 Å². The SMILES string of the molecule is COC1(C)Oc2c(C)c(C)cc(C)c2CC1OC(C)=O. The number of ether oxygens (including phenoxy) is 3. The summed E-state index contributed by atoms with van der Waals surface area (Å²) in [4.78, 5) is 11.3. The van der Waals surface area contributed by atoms with E-state index in [0.717, 1.165) is 22.4 Å². The second kappa shape index (κ2) is 5.09.